The maximum atomic E-state index is 13.5. The molecule has 2 aliphatic heterocycles. The number of alkyl halides is 3. The number of hydrogen-bond acceptors (Lipinski definition) is 4. The molecular weight excluding hydrogens is 395 g/mol. The summed E-state index contributed by atoms with van der Waals surface area (Å²) in [5.41, 5.74) is 4.81. The molecule has 1 amide bonds. The minimum Gasteiger partial charge on any atom is -0.385 e. The van der Waals surface area contributed by atoms with Crippen molar-refractivity contribution in [2.24, 2.45) is 0 Å². The number of nitrogens with zero attached hydrogens (tertiary/aromatic N) is 2. The van der Waals surface area contributed by atoms with Crippen molar-refractivity contribution in [1.29, 1.82) is 0 Å². The summed E-state index contributed by atoms with van der Waals surface area (Å²) in [6, 6.07) is 4.63. The summed E-state index contributed by atoms with van der Waals surface area (Å²) >= 11 is 0. The molecule has 0 saturated heterocycles. The van der Waals surface area contributed by atoms with E-state index in [-0.39, 0.29) is 11.3 Å². The number of aromatic nitrogens is 2. The maximum absolute atomic E-state index is 13.5. The first-order valence-electron chi connectivity index (χ1n) is 9.37. The molecule has 6 nitrogen and oxygen atoms in total. The van der Waals surface area contributed by atoms with Gasteiger partial charge in [-0.25, -0.2) is 9.66 Å². The van der Waals surface area contributed by atoms with Gasteiger partial charge in [-0.2, -0.15) is 13.2 Å². The van der Waals surface area contributed by atoms with Crippen LogP contribution >= 0.6 is 0 Å². The number of nitrogens with one attached hydrogen (secondary N) is 3. The Morgan fingerprint density at radius 3 is 2.77 bits per heavy atom. The Labute approximate surface area is 171 Å². The van der Waals surface area contributed by atoms with Crippen molar-refractivity contribution in [2.45, 2.75) is 26.1 Å². The Morgan fingerprint density at radius 2 is 2.03 bits per heavy atom. The molecule has 0 fully saturated rings. The highest BCUT2D eigenvalue weighted by atomic mass is 19.4. The lowest BCUT2D eigenvalue weighted by molar-refractivity contribution is -0.138. The van der Waals surface area contributed by atoms with Crippen LogP contribution in [-0.2, 0) is 6.18 Å². The van der Waals surface area contributed by atoms with E-state index in [2.05, 4.69) is 21.0 Å². The first-order chi connectivity index (χ1) is 14.2. The molecule has 0 spiro atoms. The minimum atomic E-state index is -4.48. The van der Waals surface area contributed by atoms with Crippen LogP contribution in [0.25, 0.3) is 5.57 Å². The highest BCUT2D eigenvalue weighted by Crippen LogP contribution is 2.37. The lowest BCUT2D eigenvalue weighted by Crippen LogP contribution is -2.33. The van der Waals surface area contributed by atoms with Gasteiger partial charge in [0.2, 0.25) is 0 Å². The van der Waals surface area contributed by atoms with E-state index in [0.29, 0.717) is 23.6 Å². The molecule has 0 saturated carbocycles. The summed E-state index contributed by atoms with van der Waals surface area (Å²) in [7, 11) is 0. The van der Waals surface area contributed by atoms with Gasteiger partial charge in [-0.15, -0.1) is 0 Å². The molecule has 2 aliphatic rings. The average Bonchev–Trinajstić information content (AvgIpc) is 3.12. The van der Waals surface area contributed by atoms with Crippen molar-refractivity contribution in [1.82, 2.24) is 20.3 Å². The van der Waals surface area contributed by atoms with Crippen molar-refractivity contribution < 1.29 is 18.0 Å². The molecule has 0 bridgehead atoms. The van der Waals surface area contributed by atoms with Crippen LogP contribution in [0.15, 0.2) is 60.1 Å². The van der Waals surface area contributed by atoms with Gasteiger partial charge in [0, 0.05) is 17.9 Å². The molecule has 1 aromatic carbocycles. The Morgan fingerprint density at radius 1 is 1.27 bits per heavy atom. The number of carbonyl (C=O) groups excluding carboxylic acids is 1. The second-order valence-corrected chi connectivity index (χ2v) is 7.17. The topological polar surface area (TPSA) is 71.0 Å². The third-order valence-electron chi connectivity index (χ3n) is 4.97. The molecule has 30 heavy (non-hydrogen) atoms. The van der Waals surface area contributed by atoms with Crippen LogP contribution in [-0.4, -0.2) is 22.1 Å². The van der Waals surface area contributed by atoms with Crippen LogP contribution in [0.4, 0.5) is 13.2 Å². The van der Waals surface area contributed by atoms with Gasteiger partial charge in [0.05, 0.1) is 17.8 Å². The first-order valence-corrected chi connectivity index (χ1v) is 9.37. The van der Waals surface area contributed by atoms with Gasteiger partial charge in [-0.1, -0.05) is 18.2 Å². The van der Waals surface area contributed by atoms with E-state index in [1.807, 2.05) is 13.0 Å². The third-order valence-corrected chi connectivity index (χ3v) is 4.97. The molecule has 2 aromatic rings. The molecule has 156 valence electrons. The smallest absolute Gasteiger partial charge is 0.385 e. The molecule has 9 heteroatoms. The van der Waals surface area contributed by atoms with E-state index in [0.717, 1.165) is 11.8 Å². The standard InChI is InChI=1S/C21H20F3N5O/c1-12-9-17(15-5-3-4-6-16(15)21(22,23)24)28-29-18(11-26-19(12)29)20(30)27-14-7-8-25-13(2)10-14/h3-7,9-11,17,25,28H,8H2,1-2H3,(H,27,30). The number of benzene rings is 1. The lowest BCUT2D eigenvalue weighted by Gasteiger charge is -2.28. The number of allylic oxidation sites excluding steroid dienone is 3. The number of halogens is 3. The molecule has 0 aliphatic carbocycles. The second-order valence-electron chi connectivity index (χ2n) is 7.17. The number of rotatable bonds is 3. The predicted octanol–water partition coefficient (Wildman–Crippen LogP) is 3.72. The average molecular weight is 415 g/mol. The summed E-state index contributed by atoms with van der Waals surface area (Å²) in [4.78, 5) is 17.1. The van der Waals surface area contributed by atoms with Crippen molar-refractivity contribution in [3.8, 4) is 0 Å². The molecule has 3 N–H and O–H groups in total. The minimum absolute atomic E-state index is 0.0784. The van der Waals surface area contributed by atoms with Crippen molar-refractivity contribution in [3.63, 3.8) is 0 Å². The first kappa shape index (κ1) is 19.8. The fraction of sp³-hybridized carbons (Fsp3) is 0.238. The number of amides is 1. The second kappa shape index (κ2) is 7.40. The molecule has 4 rings (SSSR count). The normalized spacial score (nSPS) is 18.3. The van der Waals surface area contributed by atoms with E-state index in [1.165, 1.54) is 23.0 Å². The van der Waals surface area contributed by atoms with Crippen LogP contribution in [0, 0.1) is 0 Å². The number of dihydropyridines is 1. The molecule has 1 aromatic heterocycles. The number of hydrogen-bond donors (Lipinski definition) is 3. The summed E-state index contributed by atoms with van der Waals surface area (Å²) < 4.78 is 41.9. The quantitative estimate of drug-likeness (QED) is 0.715. The summed E-state index contributed by atoms with van der Waals surface area (Å²) in [5.74, 6) is 0.0721. The summed E-state index contributed by atoms with van der Waals surface area (Å²) in [5, 5.41) is 5.93. The van der Waals surface area contributed by atoms with Crippen LogP contribution in [0.1, 0.15) is 47.3 Å². The van der Waals surface area contributed by atoms with Gasteiger partial charge in [-0.3, -0.25) is 4.79 Å². The highest BCUT2D eigenvalue weighted by molar-refractivity contribution is 5.94. The summed E-state index contributed by atoms with van der Waals surface area (Å²) in [6.45, 7) is 4.24. The van der Waals surface area contributed by atoms with Gasteiger partial charge in [0.25, 0.3) is 5.91 Å². The van der Waals surface area contributed by atoms with Crippen LogP contribution in [0.2, 0.25) is 0 Å². The van der Waals surface area contributed by atoms with Gasteiger partial charge in [0.1, 0.15) is 5.69 Å². The number of fused-ring (bicyclic) bond motifs is 1. The van der Waals surface area contributed by atoms with Crippen molar-refractivity contribution in [2.75, 3.05) is 12.0 Å². The van der Waals surface area contributed by atoms with Crippen molar-refractivity contribution >= 4 is 11.5 Å². The molecule has 1 atom stereocenters. The summed E-state index contributed by atoms with van der Waals surface area (Å²) in [6.07, 6.45) is 2.23. The van der Waals surface area contributed by atoms with E-state index < -0.39 is 23.7 Å². The third kappa shape index (κ3) is 3.70. The highest BCUT2D eigenvalue weighted by Gasteiger charge is 2.36. The maximum Gasteiger partial charge on any atom is 0.416 e. The number of carbonyl (C=O) groups is 1. The molecule has 3 heterocycles. The van der Waals surface area contributed by atoms with Gasteiger partial charge >= 0.3 is 6.18 Å². The van der Waals surface area contributed by atoms with Gasteiger partial charge < -0.3 is 16.1 Å². The zero-order valence-electron chi connectivity index (χ0n) is 16.3. The van der Waals surface area contributed by atoms with E-state index in [9.17, 15) is 18.0 Å². The van der Waals surface area contributed by atoms with Gasteiger partial charge in [-0.05, 0) is 49.3 Å². The Balaban J connectivity index is 1.66. The fourth-order valence-electron chi connectivity index (χ4n) is 3.55. The van der Waals surface area contributed by atoms with Crippen LogP contribution < -0.4 is 16.1 Å². The SMILES string of the molecule is CC1=CC(NC(=O)c2cnc3n2NC(c2ccccc2C(F)(F)F)C=C3C)=CCN1. The van der Waals surface area contributed by atoms with Crippen LogP contribution in [0.3, 0.4) is 0 Å². The number of imidazole rings is 1. The Kier molecular flexibility index (Phi) is 4.89. The molecule has 1 unspecified atom stereocenters. The molecule has 0 radical (unpaired) electrons. The van der Waals surface area contributed by atoms with E-state index in [4.69, 9.17) is 0 Å². The Hall–Kier alpha value is -3.49. The van der Waals surface area contributed by atoms with E-state index in [1.54, 1.807) is 25.1 Å². The molecular formula is C21H20F3N5O. The largest absolute Gasteiger partial charge is 0.416 e. The van der Waals surface area contributed by atoms with E-state index >= 15 is 0 Å². The Bertz CT molecular complexity index is 1090. The fourth-order valence-corrected chi connectivity index (χ4v) is 3.55. The zero-order valence-corrected chi connectivity index (χ0v) is 16.3. The lowest BCUT2D eigenvalue weighted by atomic mass is 9.97. The van der Waals surface area contributed by atoms with Gasteiger partial charge in [0.15, 0.2) is 5.82 Å². The monoisotopic (exact) mass is 415 g/mol. The van der Waals surface area contributed by atoms with Crippen LogP contribution in [0.5, 0.6) is 0 Å². The van der Waals surface area contributed by atoms with Crippen molar-refractivity contribution in [3.05, 3.63) is 82.7 Å². The zero-order chi connectivity index (χ0) is 21.5. The predicted molar refractivity (Wildman–Crippen MR) is 107 cm³/mol.